The summed E-state index contributed by atoms with van der Waals surface area (Å²) in [5, 5.41) is 1.03. The average Bonchev–Trinajstić information content (AvgIpc) is 3.09. The van der Waals surface area contributed by atoms with Crippen LogP contribution in [0.25, 0.3) is 0 Å². The van der Waals surface area contributed by atoms with Crippen LogP contribution in [0.1, 0.15) is 27.0 Å². The lowest BCUT2D eigenvalue weighted by molar-refractivity contribution is 0.0747. The highest BCUT2D eigenvalue weighted by Crippen LogP contribution is 2.35. The van der Waals surface area contributed by atoms with Crippen LogP contribution in [0.4, 0.5) is 11.5 Å². The normalized spacial score (nSPS) is 14.6. The zero-order valence-electron chi connectivity index (χ0n) is 25.7. The van der Waals surface area contributed by atoms with E-state index in [0.29, 0.717) is 41.3 Å². The van der Waals surface area contributed by atoms with Gasteiger partial charge in [-0.3, -0.25) is 4.79 Å². The van der Waals surface area contributed by atoms with Crippen molar-refractivity contribution in [1.29, 1.82) is 0 Å². The second-order valence-corrected chi connectivity index (χ2v) is 12.3. The number of piperazine rings is 1. The molecule has 0 N–H and O–H groups in total. The molecule has 9 nitrogen and oxygen atoms in total. The molecule has 0 bridgehead atoms. The lowest BCUT2D eigenvalue weighted by Gasteiger charge is -2.36. The Kier molecular flexibility index (Phi) is 9.51. The Morgan fingerprint density at radius 2 is 1.49 bits per heavy atom. The topological polar surface area (TPSA) is 80.3 Å². The monoisotopic (exact) mass is 645 g/mol. The second kappa shape index (κ2) is 13.9. The lowest BCUT2D eigenvalue weighted by Crippen LogP contribution is -2.48. The number of methoxy groups -OCH3 is 3. The third-order valence-corrected chi connectivity index (χ3v) is 9.39. The predicted octanol–water partition coefficient (Wildman–Crippen LogP) is 5.97. The number of fused-ring (bicyclic) bond motifs is 1. The van der Waals surface area contributed by atoms with Gasteiger partial charge in [-0.15, -0.1) is 0 Å². The van der Waals surface area contributed by atoms with Gasteiger partial charge >= 0.3 is 0 Å². The van der Waals surface area contributed by atoms with Gasteiger partial charge in [0.05, 0.1) is 21.3 Å². The Hall–Kier alpha value is -4.15. The molecule has 0 atom stereocenters. The molecule has 0 radical (unpaired) electrons. The van der Waals surface area contributed by atoms with Crippen molar-refractivity contribution in [3.8, 4) is 17.2 Å². The smallest absolute Gasteiger partial charge is 0.253 e. The third kappa shape index (κ3) is 7.07. The number of halogens is 1. The number of rotatable bonds is 9. The van der Waals surface area contributed by atoms with Crippen molar-refractivity contribution in [1.82, 2.24) is 14.9 Å². The minimum absolute atomic E-state index is 0.0607. The molecular weight excluding hydrogens is 610 g/mol. The van der Waals surface area contributed by atoms with Gasteiger partial charge in [0.2, 0.25) is 0 Å². The van der Waals surface area contributed by atoms with E-state index in [9.17, 15) is 4.79 Å². The quantitative estimate of drug-likeness (QED) is 0.124. The van der Waals surface area contributed by atoms with Gasteiger partial charge in [-0.25, -0.2) is 9.97 Å². The molecular formula is C34H36ClN5O4S. The summed E-state index contributed by atoms with van der Waals surface area (Å²) in [6.45, 7) is 4.45. The van der Waals surface area contributed by atoms with Gasteiger partial charge in [-0.1, -0.05) is 35.5 Å². The van der Waals surface area contributed by atoms with Crippen LogP contribution in [-0.2, 0) is 18.7 Å². The summed E-state index contributed by atoms with van der Waals surface area (Å²) in [6.07, 6.45) is 0.864. The number of thioether (sulfide) groups is 1. The molecule has 3 heterocycles. The Morgan fingerprint density at radius 1 is 0.800 bits per heavy atom. The van der Waals surface area contributed by atoms with Crippen LogP contribution in [0.15, 0.2) is 71.9 Å². The van der Waals surface area contributed by atoms with Crippen molar-refractivity contribution in [2.24, 2.45) is 0 Å². The molecule has 0 saturated carbocycles. The molecule has 1 fully saturated rings. The molecule has 1 aromatic heterocycles. The second-order valence-electron chi connectivity index (χ2n) is 10.9. The number of carbonyl (C=O) groups excluding carboxylic acids is 1. The predicted molar refractivity (Wildman–Crippen MR) is 178 cm³/mol. The molecule has 234 valence electrons. The summed E-state index contributed by atoms with van der Waals surface area (Å²) < 4.78 is 16.2. The zero-order chi connectivity index (χ0) is 31.3. The molecule has 2 aliphatic rings. The minimum atomic E-state index is 0.0607. The van der Waals surface area contributed by atoms with Crippen LogP contribution in [0, 0.1) is 0 Å². The number of anilines is 2. The summed E-state index contributed by atoms with van der Waals surface area (Å²) in [5.74, 6) is 3.82. The van der Waals surface area contributed by atoms with E-state index in [-0.39, 0.29) is 5.91 Å². The van der Waals surface area contributed by atoms with Gasteiger partial charge in [0.25, 0.3) is 5.91 Å². The number of nitrogens with zero attached hydrogens (tertiary/aromatic N) is 5. The van der Waals surface area contributed by atoms with E-state index in [1.165, 1.54) is 22.9 Å². The Balaban J connectivity index is 1.04. The van der Waals surface area contributed by atoms with Crippen molar-refractivity contribution in [3.05, 3.63) is 94.1 Å². The van der Waals surface area contributed by atoms with E-state index in [4.69, 9.17) is 30.8 Å². The van der Waals surface area contributed by atoms with E-state index in [1.54, 1.807) is 21.3 Å². The fourth-order valence-corrected chi connectivity index (χ4v) is 6.76. The SMILES string of the molecule is COc1ccc(N2CCN(C(=O)c3ccc(CSc4nc(Cl)cc(N5CCc6cc(OC)c(OC)cc6C5)n4)cc3)CC2)cc1. The number of aromatic nitrogens is 2. The van der Waals surface area contributed by atoms with Gasteiger partial charge in [0.1, 0.15) is 16.7 Å². The van der Waals surface area contributed by atoms with Gasteiger partial charge in [0.15, 0.2) is 16.7 Å². The van der Waals surface area contributed by atoms with Gasteiger partial charge in [0, 0.05) is 62.3 Å². The van der Waals surface area contributed by atoms with Crippen molar-refractivity contribution >= 4 is 40.8 Å². The van der Waals surface area contributed by atoms with Crippen molar-refractivity contribution in [2.45, 2.75) is 23.9 Å². The minimum Gasteiger partial charge on any atom is -0.497 e. The Morgan fingerprint density at radius 3 is 2.16 bits per heavy atom. The number of benzene rings is 3. The van der Waals surface area contributed by atoms with Crippen LogP contribution in [0.5, 0.6) is 17.2 Å². The number of amides is 1. The largest absolute Gasteiger partial charge is 0.497 e. The first kappa shape index (κ1) is 30.9. The molecule has 11 heteroatoms. The van der Waals surface area contributed by atoms with Gasteiger partial charge in [-0.2, -0.15) is 0 Å². The Labute approximate surface area is 273 Å². The maximum absolute atomic E-state index is 13.2. The number of carbonyl (C=O) groups is 1. The summed E-state index contributed by atoms with van der Waals surface area (Å²) in [6, 6.07) is 21.8. The fourth-order valence-electron chi connectivity index (χ4n) is 5.73. The van der Waals surface area contributed by atoms with Gasteiger partial charge < -0.3 is 28.9 Å². The number of hydrogen-bond acceptors (Lipinski definition) is 9. The Bertz CT molecular complexity index is 1650. The fraction of sp³-hybridized carbons (Fsp3) is 0.324. The molecule has 0 aliphatic carbocycles. The number of ether oxygens (including phenoxy) is 3. The van der Waals surface area contributed by atoms with E-state index in [0.717, 1.165) is 60.4 Å². The third-order valence-electron chi connectivity index (χ3n) is 8.28. The first-order valence-electron chi connectivity index (χ1n) is 14.9. The van der Waals surface area contributed by atoms with Crippen LogP contribution in [0.3, 0.4) is 0 Å². The van der Waals surface area contributed by atoms with Crippen LogP contribution >= 0.6 is 23.4 Å². The highest BCUT2D eigenvalue weighted by Gasteiger charge is 2.23. The summed E-state index contributed by atoms with van der Waals surface area (Å²) in [7, 11) is 4.97. The molecule has 0 unspecified atom stereocenters. The summed E-state index contributed by atoms with van der Waals surface area (Å²) >= 11 is 7.97. The average molecular weight is 646 g/mol. The van der Waals surface area contributed by atoms with Crippen molar-refractivity contribution in [3.63, 3.8) is 0 Å². The summed E-state index contributed by atoms with van der Waals surface area (Å²) in [4.78, 5) is 29.0. The zero-order valence-corrected chi connectivity index (χ0v) is 27.2. The first-order chi connectivity index (χ1) is 21.9. The number of hydrogen-bond donors (Lipinski definition) is 0. The van der Waals surface area contributed by atoms with Crippen molar-refractivity contribution in [2.75, 3.05) is 63.9 Å². The summed E-state index contributed by atoms with van der Waals surface area (Å²) in [5.41, 5.74) is 5.35. The highest BCUT2D eigenvalue weighted by molar-refractivity contribution is 7.98. The van der Waals surface area contributed by atoms with E-state index >= 15 is 0 Å². The molecule has 2 aliphatic heterocycles. The lowest BCUT2D eigenvalue weighted by atomic mass is 9.99. The molecule has 4 aromatic rings. The van der Waals surface area contributed by atoms with Crippen LogP contribution in [0.2, 0.25) is 5.15 Å². The first-order valence-corrected chi connectivity index (χ1v) is 16.2. The maximum Gasteiger partial charge on any atom is 0.253 e. The molecule has 3 aromatic carbocycles. The maximum atomic E-state index is 13.2. The highest BCUT2D eigenvalue weighted by atomic mass is 35.5. The standard InChI is InChI=1S/C34H36ClN5O4S/c1-42-28-10-8-27(9-11-28)38-14-16-39(17-15-38)33(41)24-6-4-23(5-7-24)22-45-34-36-31(35)20-32(37-34)40-13-12-25-18-29(43-2)30(44-3)19-26(25)21-40/h4-11,18-20H,12-17,21-22H2,1-3H3. The van der Waals surface area contributed by atoms with E-state index in [1.807, 2.05) is 53.4 Å². The molecule has 1 amide bonds. The van der Waals surface area contributed by atoms with Crippen LogP contribution < -0.4 is 24.0 Å². The molecule has 6 rings (SSSR count). The van der Waals surface area contributed by atoms with Gasteiger partial charge in [-0.05, 0) is 71.6 Å². The molecule has 0 spiro atoms. The molecule has 1 saturated heterocycles. The van der Waals surface area contributed by atoms with E-state index in [2.05, 4.69) is 33.0 Å². The van der Waals surface area contributed by atoms with Crippen LogP contribution in [-0.4, -0.2) is 74.8 Å². The molecule has 45 heavy (non-hydrogen) atoms. The van der Waals surface area contributed by atoms with E-state index < -0.39 is 0 Å². The van der Waals surface area contributed by atoms with Crippen molar-refractivity contribution < 1.29 is 19.0 Å².